The predicted octanol–water partition coefficient (Wildman–Crippen LogP) is 1.67. The molecular weight excluding hydrogens is 224 g/mol. The molecule has 0 radical (unpaired) electrons. The first-order valence-corrected chi connectivity index (χ1v) is 5.38. The fourth-order valence-corrected chi connectivity index (χ4v) is 2.10. The second kappa shape index (κ2) is 5.87. The highest BCUT2D eigenvalue weighted by atomic mass is 35.5. The zero-order valence-corrected chi connectivity index (χ0v) is 9.93. The summed E-state index contributed by atoms with van der Waals surface area (Å²) in [5.41, 5.74) is 7.12. The summed E-state index contributed by atoms with van der Waals surface area (Å²) in [5, 5.41) is 3.33. The number of carbonyl (C=O) groups is 1. The van der Waals surface area contributed by atoms with Gasteiger partial charge in [0.25, 0.3) is 0 Å². The molecule has 0 atom stereocenters. The maximum Gasteiger partial charge on any atom is 0.248 e. The molecule has 1 fully saturated rings. The lowest BCUT2D eigenvalue weighted by Gasteiger charge is -2.23. The molecular formula is C12H17ClN2O. The van der Waals surface area contributed by atoms with E-state index in [-0.39, 0.29) is 18.3 Å². The molecule has 0 bridgehead atoms. The Kier molecular flexibility index (Phi) is 4.77. The summed E-state index contributed by atoms with van der Waals surface area (Å²) in [6, 6.07) is 7.70. The molecule has 0 aliphatic carbocycles. The summed E-state index contributed by atoms with van der Waals surface area (Å²) in [6.07, 6.45) is 2.28. The van der Waals surface area contributed by atoms with Crippen molar-refractivity contribution < 1.29 is 4.79 Å². The molecule has 1 aliphatic heterocycles. The van der Waals surface area contributed by atoms with Gasteiger partial charge < -0.3 is 11.1 Å². The third-order valence-corrected chi connectivity index (χ3v) is 2.98. The van der Waals surface area contributed by atoms with Gasteiger partial charge in [-0.1, -0.05) is 12.1 Å². The number of piperidine rings is 1. The van der Waals surface area contributed by atoms with Gasteiger partial charge in [0.2, 0.25) is 5.91 Å². The van der Waals surface area contributed by atoms with Gasteiger partial charge in [0.05, 0.1) is 0 Å². The van der Waals surface area contributed by atoms with Gasteiger partial charge in [0.1, 0.15) is 0 Å². The number of rotatable bonds is 2. The van der Waals surface area contributed by atoms with E-state index in [1.165, 1.54) is 5.56 Å². The molecule has 0 unspecified atom stereocenters. The van der Waals surface area contributed by atoms with E-state index in [9.17, 15) is 4.79 Å². The zero-order valence-electron chi connectivity index (χ0n) is 9.11. The van der Waals surface area contributed by atoms with Crippen molar-refractivity contribution in [3.63, 3.8) is 0 Å². The summed E-state index contributed by atoms with van der Waals surface area (Å²) in [7, 11) is 0. The number of amides is 1. The fraction of sp³-hybridized carbons (Fsp3) is 0.417. The number of benzene rings is 1. The lowest BCUT2D eigenvalue weighted by molar-refractivity contribution is 0.1000. The number of halogens is 1. The van der Waals surface area contributed by atoms with Crippen LogP contribution in [0.3, 0.4) is 0 Å². The molecule has 0 aromatic heterocycles. The van der Waals surface area contributed by atoms with Crippen LogP contribution in [0.25, 0.3) is 0 Å². The molecule has 2 rings (SSSR count). The molecule has 3 nitrogen and oxygen atoms in total. The van der Waals surface area contributed by atoms with Crippen LogP contribution in [0, 0.1) is 0 Å². The first kappa shape index (κ1) is 13.0. The Morgan fingerprint density at radius 3 is 2.62 bits per heavy atom. The quantitative estimate of drug-likeness (QED) is 0.827. The lowest BCUT2D eigenvalue weighted by atomic mass is 9.89. The number of hydrogen-bond donors (Lipinski definition) is 2. The Bertz CT molecular complexity index is 362. The number of primary amides is 1. The fourth-order valence-electron chi connectivity index (χ4n) is 2.10. The summed E-state index contributed by atoms with van der Waals surface area (Å²) >= 11 is 0. The second-order valence-corrected chi connectivity index (χ2v) is 4.01. The molecule has 1 amide bonds. The van der Waals surface area contributed by atoms with E-state index in [0.29, 0.717) is 11.5 Å². The second-order valence-electron chi connectivity index (χ2n) is 4.01. The topological polar surface area (TPSA) is 55.1 Å². The molecule has 0 saturated carbocycles. The molecule has 88 valence electrons. The van der Waals surface area contributed by atoms with Crippen molar-refractivity contribution >= 4 is 18.3 Å². The highest BCUT2D eigenvalue weighted by Gasteiger charge is 2.15. The average Bonchev–Trinajstić information content (AvgIpc) is 2.30. The minimum atomic E-state index is -0.342. The first-order chi connectivity index (χ1) is 7.27. The van der Waals surface area contributed by atoms with Gasteiger partial charge >= 0.3 is 0 Å². The van der Waals surface area contributed by atoms with E-state index >= 15 is 0 Å². The van der Waals surface area contributed by atoms with Crippen molar-refractivity contribution in [3.05, 3.63) is 35.4 Å². The molecule has 3 N–H and O–H groups in total. The largest absolute Gasteiger partial charge is 0.366 e. The maximum absolute atomic E-state index is 11.0. The molecule has 1 heterocycles. The van der Waals surface area contributed by atoms with Crippen LogP contribution in [0.5, 0.6) is 0 Å². The van der Waals surface area contributed by atoms with Gasteiger partial charge in [-0.05, 0) is 49.5 Å². The van der Waals surface area contributed by atoms with Crippen LogP contribution in [0.2, 0.25) is 0 Å². The summed E-state index contributed by atoms with van der Waals surface area (Å²) in [5.74, 6) is 0.233. The molecule has 0 spiro atoms. The summed E-state index contributed by atoms with van der Waals surface area (Å²) in [6.45, 7) is 2.12. The van der Waals surface area contributed by atoms with E-state index in [2.05, 4.69) is 11.4 Å². The van der Waals surface area contributed by atoms with Crippen LogP contribution < -0.4 is 11.1 Å². The number of hydrogen-bond acceptors (Lipinski definition) is 2. The molecule has 16 heavy (non-hydrogen) atoms. The van der Waals surface area contributed by atoms with Crippen molar-refractivity contribution in [1.29, 1.82) is 0 Å². The van der Waals surface area contributed by atoms with Crippen molar-refractivity contribution in [2.75, 3.05) is 13.1 Å². The summed E-state index contributed by atoms with van der Waals surface area (Å²) < 4.78 is 0. The number of carbonyl (C=O) groups excluding carboxylic acids is 1. The van der Waals surface area contributed by atoms with Crippen LogP contribution in [0.1, 0.15) is 34.7 Å². The first-order valence-electron chi connectivity index (χ1n) is 5.38. The van der Waals surface area contributed by atoms with Crippen molar-refractivity contribution in [1.82, 2.24) is 5.32 Å². The van der Waals surface area contributed by atoms with Crippen LogP contribution in [0.4, 0.5) is 0 Å². The third-order valence-electron chi connectivity index (χ3n) is 2.98. The lowest BCUT2D eigenvalue weighted by Crippen LogP contribution is -2.26. The van der Waals surface area contributed by atoms with E-state index in [1.54, 1.807) is 6.07 Å². The van der Waals surface area contributed by atoms with E-state index < -0.39 is 0 Å². The van der Waals surface area contributed by atoms with E-state index in [1.807, 2.05) is 12.1 Å². The Morgan fingerprint density at radius 1 is 1.31 bits per heavy atom. The van der Waals surface area contributed by atoms with Crippen LogP contribution >= 0.6 is 12.4 Å². The van der Waals surface area contributed by atoms with Gasteiger partial charge in [-0.2, -0.15) is 0 Å². The Balaban J connectivity index is 0.00000128. The smallest absolute Gasteiger partial charge is 0.248 e. The molecule has 1 saturated heterocycles. The van der Waals surface area contributed by atoms with E-state index in [4.69, 9.17) is 5.73 Å². The predicted molar refractivity (Wildman–Crippen MR) is 67.1 cm³/mol. The van der Waals surface area contributed by atoms with Crippen molar-refractivity contribution in [2.45, 2.75) is 18.8 Å². The monoisotopic (exact) mass is 240 g/mol. The van der Waals surface area contributed by atoms with Crippen LogP contribution in [-0.4, -0.2) is 19.0 Å². The van der Waals surface area contributed by atoms with Crippen molar-refractivity contribution in [2.24, 2.45) is 5.73 Å². The van der Waals surface area contributed by atoms with Crippen LogP contribution in [-0.2, 0) is 0 Å². The number of nitrogens with one attached hydrogen (secondary N) is 1. The average molecular weight is 241 g/mol. The minimum absolute atomic E-state index is 0. The summed E-state index contributed by atoms with van der Waals surface area (Å²) in [4.78, 5) is 11.0. The Hall–Kier alpha value is -1.06. The highest BCUT2D eigenvalue weighted by molar-refractivity contribution is 5.92. The van der Waals surface area contributed by atoms with Gasteiger partial charge in [-0.15, -0.1) is 12.4 Å². The van der Waals surface area contributed by atoms with Gasteiger partial charge in [-0.25, -0.2) is 0 Å². The highest BCUT2D eigenvalue weighted by Crippen LogP contribution is 2.25. The SMILES string of the molecule is Cl.NC(=O)c1cccc(C2CCNCC2)c1. The number of nitrogens with two attached hydrogens (primary N) is 1. The maximum atomic E-state index is 11.0. The zero-order chi connectivity index (χ0) is 10.7. The molecule has 1 aromatic rings. The molecule has 1 aliphatic rings. The Morgan fingerprint density at radius 2 is 2.00 bits per heavy atom. The standard InChI is InChI=1S/C12H16N2O.ClH/c13-12(15)11-3-1-2-10(8-11)9-4-6-14-7-5-9;/h1-3,8-9,14H,4-7H2,(H2,13,15);1H. The van der Waals surface area contributed by atoms with Crippen molar-refractivity contribution in [3.8, 4) is 0 Å². The molecule has 4 heteroatoms. The van der Waals surface area contributed by atoms with E-state index in [0.717, 1.165) is 25.9 Å². The van der Waals surface area contributed by atoms with Crippen LogP contribution in [0.15, 0.2) is 24.3 Å². The Labute approximate surface area is 102 Å². The van der Waals surface area contributed by atoms with Gasteiger partial charge in [0.15, 0.2) is 0 Å². The normalized spacial score (nSPS) is 16.5. The minimum Gasteiger partial charge on any atom is -0.366 e. The molecule has 1 aromatic carbocycles. The van der Waals surface area contributed by atoms with Gasteiger partial charge in [0, 0.05) is 5.56 Å². The third kappa shape index (κ3) is 2.97. The van der Waals surface area contributed by atoms with Gasteiger partial charge in [-0.3, -0.25) is 4.79 Å².